The summed E-state index contributed by atoms with van der Waals surface area (Å²) in [5.74, 6) is 0. The number of rotatable bonds is 5. The molecule has 0 atom stereocenters. The van der Waals surface area contributed by atoms with Crippen molar-refractivity contribution < 1.29 is 13.5 Å². The number of hydrogen-bond donors (Lipinski definition) is 1. The molecule has 0 aromatic heterocycles. The second kappa shape index (κ2) is 5.65. The second-order valence-corrected chi connectivity index (χ2v) is 6.51. The SMILES string of the molecule is C=C(C)CN(C)S(=O)(=O)c1ccc(C)c(CO)c1. The van der Waals surface area contributed by atoms with E-state index in [1.807, 2.05) is 6.92 Å². The van der Waals surface area contributed by atoms with Gasteiger partial charge < -0.3 is 5.11 Å². The van der Waals surface area contributed by atoms with Gasteiger partial charge in [0.05, 0.1) is 11.5 Å². The summed E-state index contributed by atoms with van der Waals surface area (Å²) in [7, 11) is -2.01. The van der Waals surface area contributed by atoms with Crippen molar-refractivity contribution in [2.24, 2.45) is 0 Å². The van der Waals surface area contributed by atoms with E-state index in [0.29, 0.717) is 5.56 Å². The average molecular weight is 269 g/mol. The molecular formula is C13H19NO3S. The number of hydrogen-bond acceptors (Lipinski definition) is 3. The third-order valence-corrected chi connectivity index (χ3v) is 4.49. The minimum Gasteiger partial charge on any atom is -0.392 e. The first-order valence-corrected chi connectivity index (χ1v) is 7.04. The molecule has 0 aliphatic heterocycles. The molecule has 0 aliphatic carbocycles. The van der Waals surface area contributed by atoms with E-state index in [0.717, 1.165) is 11.1 Å². The Morgan fingerprint density at radius 1 is 1.44 bits per heavy atom. The Morgan fingerprint density at radius 3 is 2.56 bits per heavy atom. The smallest absolute Gasteiger partial charge is 0.243 e. The molecule has 5 heteroatoms. The molecule has 0 fully saturated rings. The lowest BCUT2D eigenvalue weighted by Crippen LogP contribution is -2.28. The fraction of sp³-hybridized carbons (Fsp3) is 0.385. The summed E-state index contributed by atoms with van der Waals surface area (Å²) in [5.41, 5.74) is 2.27. The van der Waals surface area contributed by atoms with Crippen LogP contribution in [0.1, 0.15) is 18.1 Å². The largest absolute Gasteiger partial charge is 0.392 e. The zero-order valence-corrected chi connectivity index (χ0v) is 11.8. The molecule has 0 bridgehead atoms. The van der Waals surface area contributed by atoms with Crippen molar-refractivity contribution >= 4 is 10.0 Å². The predicted molar refractivity (Wildman–Crippen MR) is 71.7 cm³/mol. The van der Waals surface area contributed by atoms with Crippen LogP contribution in [0.3, 0.4) is 0 Å². The van der Waals surface area contributed by atoms with E-state index in [2.05, 4.69) is 6.58 Å². The minimum atomic E-state index is -3.52. The molecule has 100 valence electrons. The zero-order chi connectivity index (χ0) is 13.9. The van der Waals surface area contributed by atoms with Crippen LogP contribution in [0.15, 0.2) is 35.2 Å². The molecule has 0 saturated heterocycles. The highest BCUT2D eigenvalue weighted by Gasteiger charge is 2.21. The van der Waals surface area contributed by atoms with Crippen molar-refractivity contribution in [2.45, 2.75) is 25.3 Å². The van der Waals surface area contributed by atoms with Crippen molar-refractivity contribution in [1.82, 2.24) is 4.31 Å². The molecule has 0 heterocycles. The van der Waals surface area contributed by atoms with Gasteiger partial charge in [-0.3, -0.25) is 0 Å². The van der Waals surface area contributed by atoms with Gasteiger partial charge in [0.25, 0.3) is 0 Å². The average Bonchev–Trinajstić information content (AvgIpc) is 2.28. The summed E-state index contributed by atoms with van der Waals surface area (Å²) in [5, 5.41) is 9.17. The van der Waals surface area contributed by atoms with Crippen LogP contribution in [0.2, 0.25) is 0 Å². The van der Waals surface area contributed by atoms with Gasteiger partial charge in [0.2, 0.25) is 10.0 Å². The molecule has 1 rings (SSSR count). The lowest BCUT2D eigenvalue weighted by molar-refractivity contribution is 0.280. The van der Waals surface area contributed by atoms with Gasteiger partial charge in [-0.15, -0.1) is 0 Å². The quantitative estimate of drug-likeness (QED) is 0.827. The van der Waals surface area contributed by atoms with E-state index in [-0.39, 0.29) is 18.0 Å². The number of likely N-dealkylation sites (N-methyl/N-ethyl adjacent to an activating group) is 1. The predicted octanol–water partition coefficient (Wildman–Crippen LogP) is 1.68. The van der Waals surface area contributed by atoms with E-state index in [4.69, 9.17) is 0 Å². The standard InChI is InChI=1S/C13H19NO3S/c1-10(2)8-14(4)18(16,17)13-6-5-11(3)12(7-13)9-15/h5-7,15H,1,8-9H2,2-4H3. The van der Waals surface area contributed by atoms with Crippen LogP contribution < -0.4 is 0 Å². The van der Waals surface area contributed by atoms with Gasteiger partial charge in [0.1, 0.15) is 0 Å². The summed E-state index contributed by atoms with van der Waals surface area (Å²) in [6, 6.07) is 4.77. The zero-order valence-electron chi connectivity index (χ0n) is 11.0. The van der Waals surface area contributed by atoms with E-state index >= 15 is 0 Å². The summed E-state index contributed by atoms with van der Waals surface area (Å²) in [4.78, 5) is 0.195. The number of sulfonamides is 1. The van der Waals surface area contributed by atoms with Gasteiger partial charge in [-0.1, -0.05) is 18.2 Å². The second-order valence-electron chi connectivity index (χ2n) is 4.46. The minimum absolute atomic E-state index is 0.167. The van der Waals surface area contributed by atoms with Crippen LogP contribution in [0.25, 0.3) is 0 Å². The third-order valence-electron chi connectivity index (χ3n) is 2.69. The van der Waals surface area contributed by atoms with Gasteiger partial charge in [-0.05, 0) is 37.1 Å². The number of aliphatic hydroxyl groups excluding tert-OH is 1. The molecule has 4 nitrogen and oxygen atoms in total. The van der Waals surface area contributed by atoms with E-state index in [9.17, 15) is 13.5 Å². The van der Waals surface area contributed by atoms with Gasteiger partial charge in [-0.2, -0.15) is 4.31 Å². The van der Waals surface area contributed by atoms with Crippen LogP contribution in [0, 0.1) is 6.92 Å². The Hall–Kier alpha value is -1.17. The van der Waals surface area contributed by atoms with Gasteiger partial charge in [-0.25, -0.2) is 8.42 Å². The van der Waals surface area contributed by atoms with Crippen molar-refractivity contribution in [3.05, 3.63) is 41.5 Å². The highest BCUT2D eigenvalue weighted by atomic mass is 32.2. The maximum atomic E-state index is 12.3. The molecule has 1 aromatic rings. The summed E-state index contributed by atoms with van der Waals surface area (Å²) < 4.78 is 25.8. The Balaban J connectivity index is 3.16. The van der Waals surface area contributed by atoms with Crippen LogP contribution in [0.4, 0.5) is 0 Å². The summed E-state index contributed by atoms with van der Waals surface area (Å²) in [6.45, 7) is 7.43. The third kappa shape index (κ3) is 3.19. The van der Waals surface area contributed by atoms with Crippen molar-refractivity contribution in [2.75, 3.05) is 13.6 Å². The van der Waals surface area contributed by atoms with Crippen LogP contribution in [-0.2, 0) is 16.6 Å². The molecule has 0 amide bonds. The number of nitrogens with zero attached hydrogens (tertiary/aromatic N) is 1. The lowest BCUT2D eigenvalue weighted by Gasteiger charge is -2.18. The highest BCUT2D eigenvalue weighted by Crippen LogP contribution is 2.19. The Morgan fingerprint density at radius 2 is 2.06 bits per heavy atom. The van der Waals surface area contributed by atoms with Gasteiger partial charge in [0, 0.05) is 13.6 Å². The molecular weight excluding hydrogens is 250 g/mol. The summed E-state index contributed by atoms with van der Waals surface area (Å²) in [6.07, 6.45) is 0. The lowest BCUT2D eigenvalue weighted by atomic mass is 10.1. The van der Waals surface area contributed by atoms with Gasteiger partial charge >= 0.3 is 0 Å². The topological polar surface area (TPSA) is 57.6 Å². The molecule has 1 aromatic carbocycles. The van der Waals surface area contributed by atoms with Crippen molar-refractivity contribution in [1.29, 1.82) is 0 Å². The first-order chi connectivity index (χ1) is 8.28. The molecule has 0 spiro atoms. The van der Waals surface area contributed by atoms with Crippen LogP contribution >= 0.6 is 0 Å². The van der Waals surface area contributed by atoms with E-state index < -0.39 is 10.0 Å². The molecule has 1 N–H and O–H groups in total. The number of benzene rings is 1. The van der Waals surface area contributed by atoms with Crippen molar-refractivity contribution in [3.63, 3.8) is 0 Å². The summed E-state index contributed by atoms with van der Waals surface area (Å²) >= 11 is 0. The van der Waals surface area contributed by atoms with E-state index in [1.165, 1.54) is 17.4 Å². The maximum absolute atomic E-state index is 12.3. The molecule has 18 heavy (non-hydrogen) atoms. The van der Waals surface area contributed by atoms with Crippen LogP contribution in [0.5, 0.6) is 0 Å². The molecule has 0 saturated carbocycles. The van der Waals surface area contributed by atoms with Gasteiger partial charge in [0.15, 0.2) is 0 Å². The first kappa shape index (κ1) is 14.9. The fourth-order valence-corrected chi connectivity index (χ4v) is 2.91. The maximum Gasteiger partial charge on any atom is 0.243 e. The molecule has 0 radical (unpaired) electrons. The highest BCUT2D eigenvalue weighted by molar-refractivity contribution is 7.89. The normalized spacial score (nSPS) is 11.8. The van der Waals surface area contributed by atoms with Crippen LogP contribution in [-0.4, -0.2) is 31.4 Å². The van der Waals surface area contributed by atoms with Crippen molar-refractivity contribution in [3.8, 4) is 0 Å². The molecule has 0 unspecified atom stereocenters. The number of aryl methyl sites for hydroxylation is 1. The monoisotopic (exact) mass is 269 g/mol. The Bertz CT molecular complexity index is 549. The number of aliphatic hydroxyl groups is 1. The van der Waals surface area contributed by atoms with E-state index in [1.54, 1.807) is 19.1 Å². The molecule has 0 aliphatic rings. The Labute approximate surface area is 109 Å². The first-order valence-electron chi connectivity index (χ1n) is 5.60. The fourth-order valence-electron chi connectivity index (χ4n) is 1.62. The Kier molecular flexibility index (Phi) is 4.67.